The van der Waals surface area contributed by atoms with Crippen molar-refractivity contribution < 1.29 is 4.79 Å². The Bertz CT molecular complexity index is 613. The minimum Gasteiger partial charge on any atom is -0.308 e. The van der Waals surface area contributed by atoms with Crippen LogP contribution in [0.3, 0.4) is 0 Å². The van der Waals surface area contributed by atoms with Crippen LogP contribution >= 0.6 is 11.6 Å². The van der Waals surface area contributed by atoms with E-state index < -0.39 is 0 Å². The van der Waals surface area contributed by atoms with Crippen LogP contribution in [-0.4, -0.2) is 37.9 Å². The van der Waals surface area contributed by atoms with Gasteiger partial charge in [-0.05, 0) is 25.7 Å². The van der Waals surface area contributed by atoms with Crippen molar-refractivity contribution in [2.45, 2.75) is 6.04 Å². The van der Waals surface area contributed by atoms with E-state index in [-0.39, 0.29) is 11.8 Å². The normalized spacial score (nSPS) is 12.4. The second-order valence-corrected chi connectivity index (χ2v) is 5.83. The summed E-state index contributed by atoms with van der Waals surface area (Å²) in [5.74, 6) is 0.0947. The van der Waals surface area contributed by atoms with Gasteiger partial charge < -0.3 is 10.2 Å². The first-order chi connectivity index (χ1) is 10.6. The van der Waals surface area contributed by atoms with Gasteiger partial charge in [0.2, 0.25) is 0 Å². The molecule has 0 spiro atoms. The number of rotatable bonds is 7. The van der Waals surface area contributed by atoms with Gasteiger partial charge in [-0.15, -0.1) is 0 Å². The molecule has 116 valence electrons. The minimum atomic E-state index is 0.0947. The number of likely N-dealkylation sites (N-methyl/N-ethyl adjacent to an activating group) is 1. The molecule has 1 unspecified atom stereocenters. The first kappa shape index (κ1) is 16.7. The molecule has 3 nitrogen and oxygen atoms in total. The Morgan fingerprint density at radius 2 is 1.73 bits per heavy atom. The maximum absolute atomic E-state index is 12.1. The van der Waals surface area contributed by atoms with Crippen molar-refractivity contribution in [1.82, 2.24) is 10.2 Å². The Kier molecular flexibility index (Phi) is 6.13. The predicted molar refractivity (Wildman–Crippen MR) is 91.5 cm³/mol. The van der Waals surface area contributed by atoms with Gasteiger partial charge in [-0.25, -0.2) is 0 Å². The van der Waals surface area contributed by atoms with Crippen molar-refractivity contribution in [3.8, 4) is 0 Å². The summed E-state index contributed by atoms with van der Waals surface area (Å²) < 4.78 is 0. The Labute approximate surface area is 136 Å². The molecular formula is C18H21ClN2O. The number of ketones is 1. The highest BCUT2D eigenvalue weighted by Crippen LogP contribution is 2.25. The molecule has 2 aromatic rings. The molecule has 0 aliphatic rings. The molecule has 1 N–H and O–H groups in total. The number of nitrogens with one attached hydrogen (secondary N) is 1. The third-order valence-corrected chi connectivity index (χ3v) is 3.95. The molecule has 0 radical (unpaired) electrons. The van der Waals surface area contributed by atoms with Crippen molar-refractivity contribution in [1.29, 1.82) is 0 Å². The van der Waals surface area contributed by atoms with Crippen LogP contribution in [0.25, 0.3) is 0 Å². The fourth-order valence-electron chi connectivity index (χ4n) is 2.36. The van der Waals surface area contributed by atoms with Gasteiger partial charge in [0.15, 0.2) is 5.78 Å². The van der Waals surface area contributed by atoms with Gasteiger partial charge in [-0.3, -0.25) is 4.79 Å². The maximum Gasteiger partial charge on any atom is 0.176 e. The van der Waals surface area contributed by atoms with E-state index >= 15 is 0 Å². The molecule has 0 heterocycles. The number of benzene rings is 2. The summed E-state index contributed by atoms with van der Waals surface area (Å²) in [4.78, 5) is 14.2. The number of hydrogen-bond acceptors (Lipinski definition) is 3. The van der Waals surface area contributed by atoms with Crippen molar-refractivity contribution in [2.75, 3.05) is 27.2 Å². The first-order valence-corrected chi connectivity index (χ1v) is 7.67. The van der Waals surface area contributed by atoms with Crippen molar-refractivity contribution in [3.63, 3.8) is 0 Å². The fourth-order valence-corrected chi connectivity index (χ4v) is 2.63. The molecule has 2 aromatic carbocycles. The maximum atomic E-state index is 12.1. The minimum absolute atomic E-state index is 0.0947. The zero-order valence-electron chi connectivity index (χ0n) is 12.9. The van der Waals surface area contributed by atoms with Crippen molar-refractivity contribution in [2.24, 2.45) is 0 Å². The molecule has 1 atom stereocenters. The Morgan fingerprint density at radius 3 is 2.36 bits per heavy atom. The van der Waals surface area contributed by atoms with Crippen LogP contribution in [0.4, 0.5) is 0 Å². The zero-order chi connectivity index (χ0) is 15.9. The van der Waals surface area contributed by atoms with E-state index in [9.17, 15) is 4.79 Å². The van der Waals surface area contributed by atoms with Crippen LogP contribution in [-0.2, 0) is 0 Å². The molecule has 0 fully saturated rings. The van der Waals surface area contributed by atoms with Gasteiger partial charge in [0.05, 0.1) is 6.54 Å². The lowest BCUT2D eigenvalue weighted by molar-refractivity contribution is 0.0988. The van der Waals surface area contributed by atoms with Crippen LogP contribution in [0.1, 0.15) is 22.0 Å². The predicted octanol–water partition coefficient (Wildman–Crippen LogP) is 3.42. The number of carbonyl (C=O) groups is 1. The molecule has 22 heavy (non-hydrogen) atoms. The quantitative estimate of drug-likeness (QED) is 0.794. The summed E-state index contributed by atoms with van der Waals surface area (Å²) in [5.41, 5.74) is 1.79. The number of carbonyl (C=O) groups excluding carboxylic acids is 1. The van der Waals surface area contributed by atoms with Gasteiger partial charge in [-0.1, -0.05) is 60.1 Å². The lowest BCUT2D eigenvalue weighted by Gasteiger charge is -2.26. The van der Waals surface area contributed by atoms with Crippen LogP contribution in [0.15, 0.2) is 54.6 Å². The molecule has 4 heteroatoms. The molecule has 0 aliphatic heterocycles. The van der Waals surface area contributed by atoms with Crippen LogP contribution in [0.2, 0.25) is 5.02 Å². The first-order valence-electron chi connectivity index (χ1n) is 7.29. The summed E-state index contributed by atoms with van der Waals surface area (Å²) in [7, 11) is 4.02. The van der Waals surface area contributed by atoms with Crippen LogP contribution in [0.5, 0.6) is 0 Å². The molecule has 2 rings (SSSR count). The highest BCUT2D eigenvalue weighted by atomic mass is 35.5. The lowest BCUT2D eigenvalue weighted by Crippen LogP contribution is -2.34. The third-order valence-electron chi connectivity index (χ3n) is 3.61. The van der Waals surface area contributed by atoms with E-state index in [1.165, 1.54) is 0 Å². The second-order valence-electron chi connectivity index (χ2n) is 5.42. The SMILES string of the molecule is CN(C)C(CNCC(=O)c1ccccc1)c1ccccc1Cl. The molecule has 0 aliphatic carbocycles. The third kappa shape index (κ3) is 4.41. The summed E-state index contributed by atoms with van der Waals surface area (Å²) >= 11 is 6.28. The van der Waals surface area contributed by atoms with E-state index in [0.717, 1.165) is 16.1 Å². The number of nitrogens with zero attached hydrogens (tertiary/aromatic N) is 1. The average molecular weight is 317 g/mol. The number of hydrogen-bond donors (Lipinski definition) is 1. The second kappa shape index (κ2) is 8.08. The molecule has 0 amide bonds. The van der Waals surface area contributed by atoms with Crippen LogP contribution < -0.4 is 5.32 Å². The Morgan fingerprint density at radius 1 is 1.09 bits per heavy atom. The lowest BCUT2D eigenvalue weighted by atomic mass is 10.1. The van der Waals surface area contributed by atoms with Crippen molar-refractivity contribution in [3.05, 3.63) is 70.7 Å². The summed E-state index contributed by atoms with van der Waals surface area (Å²) in [6.45, 7) is 0.980. The molecule has 0 bridgehead atoms. The Balaban J connectivity index is 1.96. The van der Waals surface area contributed by atoms with E-state index in [4.69, 9.17) is 11.6 Å². The summed E-state index contributed by atoms with van der Waals surface area (Å²) in [5, 5.41) is 3.99. The molecular weight excluding hydrogens is 296 g/mol. The summed E-state index contributed by atoms with van der Waals surface area (Å²) in [6.07, 6.45) is 0. The van der Waals surface area contributed by atoms with Gasteiger partial charge in [0, 0.05) is 23.2 Å². The largest absolute Gasteiger partial charge is 0.308 e. The van der Waals surface area contributed by atoms with Gasteiger partial charge >= 0.3 is 0 Å². The number of Topliss-reactive ketones (excluding diaryl/α,β-unsaturated/α-hetero) is 1. The topological polar surface area (TPSA) is 32.3 Å². The van der Waals surface area contributed by atoms with E-state index in [2.05, 4.69) is 10.2 Å². The molecule has 0 aromatic heterocycles. The monoisotopic (exact) mass is 316 g/mol. The smallest absolute Gasteiger partial charge is 0.176 e. The molecule has 0 saturated heterocycles. The fraction of sp³-hybridized carbons (Fsp3) is 0.278. The standard InChI is InChI=1S/C18H21ClN2O/c1-21(2)17(15-10-6-7-11-16(15)19)12-20-13-18(22)14-8-4-3-5-9-14/h3-11,17,20H,12-13H2,1-2H3. The molecule has 0 saturated carbocycles. The van der Waals surface area contributed by atoms with Gasteiger partial charge in [0.1, 0.15) is 0 Å². The Hall–Kier alpha value is -1.68. The highest BCUT2D eigenvalue weighted by Gasteiger charge is 2.17. The van der Waals surface area contributed by atoms with Crippen LogP contribution in [0, 0.1) is 0 Å². The zero-order valence-corrected chi connectivity index (χ0v) is 13.7. The van der Waals surface area contributed by atoms with E-state index in [1.54, 1.807) is 0 Å². The highest BCUT2D eigenvalue weighted by molar-refractivity contribution is 6.31. The van der Waals surface area contributed by atoms with Gasteiger partial charge in [0.25, 0.3) is 0 Å². The van der Waals surface area contributed by atoms with E-state index in [1.807, 2.05) is 68.7 Å². The average Bonchev–Trinajstić information content (AvgIpc) is 2.53. The number of halogens is 1. The van der Waals surface area contributed by atoms with E-state index in [0.29, 0.717) is 13.1 Å². The van der Waals surface area contributed by atoms with Gasteiger partial charge in [-0.2, -0.15) is 0 Å². The van der Waals surface area contributed by atoms with Crippen molar-refractivity contribution >= 4 is 17.4 Å². The summed E-state index contributed by atoms with van der Waals surface area (Å²) in [6, 6.07) is 17.3.